The molecule has 2 N–H and O–H groups in total. The summed E-state index contributed by atoms with van der Waals surface area (Å²) in [7, 11) is 0. The molecule has 0 saturated carbocycles. The summed E-state index contributed by atoms with van der Waals surface area (Å²) in [5.74, 6) is 1.48. The van der Waals surface area contributed by atoms with Crippen LogP contribution in [0.1, 0.15) is 43.7 Å². The van der Waals surface area contributed by atoms with Gasteiger partial charge in [0, 0.05) is 18.9 Å². The number of hydrogen-bond donors (Lipinski definition) is 2. The van der Waals surface area contributed by atoms with Gasteiger partial charge in [-0.25, -0.2) is 4.98 Å². The van der Waals surface area contributed by atoms with Gasteiger partial charge in [0.1, 0.15) is 5.82 Å². The molecule has 0 bridgehead atoms. The van der Waals surface area contributed by atoms with Crippen molar-refractivity contribution in [3.05, 3.63) is 90.1 Å². The summed E-state index contributed by atoms with van der Waals surface area (Å²) in [5, 5.41) is 6.29. The van der Waals surface area contributed by atoms with Crippen molar-refractivity contribution in [2.24, 2.45) is 5.92 Å². The number of carbonyl (C=O) groups is 1. The minimum atomic E-state index is -0.0231. The molecule has 0 fully saturated rings. The number of rotatable bonds is 9. The molecule has 0 aliphatic heterocycles. The molecule has 0 spiro atoms. The summed E-state index contributed by atoms with van der Waals surface area (Å²) >= 11 is 0. The lowest BCUT2D eigenvalue weighted by atomic mass is 9.88. The summed E-state index contributed by atoms with van der Waals surface area (Å²) in [6.45, 7) is 5.30. The van der Waals surface area contributed by atoms with Gasteiger partial charge in [0.05, 0.1) is 11.9 Å². The van der Waals surface area contributed by atoms with Crippen LogP contribution in [-0.2, 0) is 4.79 Å². The van der Waals surface area contributed by atoms with E-state index in [1.54, 1.807) is 6.20 Å². The van der Waals surface area contributed by atoms with Crippen LogP contribution < -0.4 is 10.6 Å². The maximum Gasteiger partial charge on any atom is 0.225 e. The quantitative estimate of drug-likeness (QED) is 0.495. The number of anilines is 2. The van der Waals surface area contributed by atoms with E-state index in [1.165, 1.54) is 0 Å². The summed E-state index contributed by atoms with van der Waals surface area (Å²) < 4.78 is 0. The second-order valence-corrected chi connectivity index (χ2v) is 7.67. The molecule has 0 atom stereocenters. The largest absolute Gasteiger partial charge is 0.370 e. The van der Waals surface area contributed by atoms with E-state index in [4.69, 9.17) is 0 Å². The summed E-state index contributed by atoms with van der Waals surface area (Å²) in [6.07, 6.45) is 3.18. The lowest BCUT2D eigenvalue weighted by molar-refractivity contribution is -0.116. The van der Waals surface area contributed by atoms with E-state index >= 15 is 0 Å². The highest BCUT2D eigenvalue weighted by atomic mass is 16.1. The monoisotopic (exact) mass is 387 g/mol. The van der Waals surface area contributed by atoms with Crippen LogP contribution in [0.2, 0.25) is 0 Å². The number of pyridine rings is 1. The maximum absolute atomic E-state index is 12.7. The molecule has 1 amide bonds. The topological polar surface area (TPSA) is 54.0 Å². The van der Waals surface area contributed by atoms with Crippen molar-refractivity contribution in [3.63, 3.8) is 0 Å². The van der Waals surface area contributed by atoms with Gasteiger partial charge in [-0.05, 0) is 35.6 Å². The Hall–Kier alpha value is -3.14. The molecule has 3 rings (SSSR count). The zero-order valence-corrected chi connectivity index (χ0v) is 17.1. The highest BCUT2D eigenvalue weighted by Crippen LogP contribution is 2.28. The fourth-order valence-electron chi connectivity index (χ4n) is 3.26. The average molecular weight is 388 g/mol. The third-order valence-electron chi connectivity index (χ3n) is 4.87. The lowest BCUT2D eigenvalue weighted by Crippen LogP contribution is -2.16. The van der Waals surface area contributed by atoms with Crippen molar-refractivity contribution in [2.75, 3.05) is 17.2 Å². The van der Waals surface area contributed by atoms with Crippen LogP contribution in [-0.4, -0.2) is 17.4 Å². The first-order valence-electron chi connectivity index (χ1n) is 10.2. The van der Waals surface area contributed by atoms with E-state index in [0.29, 0.717) is 18.0 Å². The van der Waals surface area contributed by atoms with Crippen molar-refractivity contribution < 1.29 is 4.79 Å². The van der Waals surface area contributed by atoms with Crippen LogP contribution in [0.25, 0.3) is 0 Å². The molecule has 0 aliphatic carbocycles. The van der Waals surface area contributed by atoms with Crippen LogP contribution in [0.5, 0.6) is 0 Å². The zero-order chi connectivity index (χ0) is 20.5. The standard InChI is InChI=1S/C25H29N3O/c1-19(2)15-16-26-24-14-13-22(18-27-24)28-25(29)17-23(20-9-5-3-6-10-20)21-11-7-4-8-12-21/h3-14,18-19,23H,15-17H2,1-2H3,(H,26,27)(H,28,29). The van der Waals surface area contributed by atoms with E-state index < -0.39 is 0 Å². The van der Waals surface area contributed by atoms with Crippen molar-refractivity contribution >= 4 is 17.4 Å². The third-order valence-corrected chi connectivity index (χ3v) is 4.87. The first-order chi connectivity index (χ1) is 14.1. The number of aromatic nitrogens is 1. The van der Waals surface area contributed by atoms with Gasteiger partial charge in [-0.1, -0.05) is 74.5 Å². The van der Waals surface area contributed by atoms with Crippen LogP contribution in [0, 0.1) is 5.92 Å². The lowest BCUT2D eigenvalue weighted by Gasteiger charge is -2.18. The number of nitrogens with one attached hydrogen (secondary N) is 2. The number of nitrogens with zero attached hydrogens (tertiary/aromatic N) is 1. The van der Waals surface area contributed by atoms with Gasteiger partial charge >= 0.3 is 0 Å². The van der Waals surface area contributed by atoms with Gasteiger partial charge in [0.15, 0.2) is 0 Å². The number of hydrogen-bond acceptors (Lipinski definition) is 3. The Bertz CT molecular complexity index is 837. The normalized spacial score (nSPS) is 10.9. The smallest absolute Gasteiger partial charge is 0.225 e. The Morgan fingerprint density at radius 3 is 2.03 bits per heavy atom. The van der Waals surface area contributed by atoms with Crippen LogP contribution >= 0.6 is 0 Å². The summed E-state index contributed by atoms with van der Waals surface area (Å²) in [4.78, 5) is 17.1. The molecule has 4 nitrogen and oxygen atoms in total. The minimum absolute atomic E-state index is 0.0160. The molecule has 4 heteroatoms. The van der Waals surface area contributed by atoms with Gasteiger partial charge in [-0.3, -0.25) is 4.79 Å². The Morgan fingerprint density at radius 2 is 1.52 bits per heavy atom. The molecule has 0 unspecified atom stereocenters. The van der Waals surface area contributed by atoms with Gasteiger partial charge in [0.2, 0.25) is 5.91 Å². The number of amides is 1. The van der Waals surface area contributed by atoms with Crippen molar-refractivity contribution in [1.29, 1.82) is 0 Å². The zero-order valence-electron chi connectivity index (χ0n) is 17.1. The molecular weight excluding hydrogens is 358 g/mol. The first-order valence-corrected chi connectivity index (χ1v) is 10.2. The molecule has 29 heavy (non-hydrogen) atoms. The Labute approximate surface area is 173 Å². The predicted octanol–water partition coefficient (Wildman–Crippen LogP) is 5.70. The maximum atomic E-state index is 12.7. The fourth-order valence-corrected chi connectivity index (χ4v) is 3.26. The minimum Gasteiger partial charge on any atom is -0.370 e. The van der Waals surface area contributed by atoms with E-state index in [1.807, 2.05) is 48.5 Å². The molecule has 0 saturated heterocycles. The van der Waals surface area contributed by atoms with Gasteiger partial charge < -0.3 is 10.6 Å². The van der Waals surface area contributed by atoms with Gasteiger partial charge in [0.25, 0.3) is 0 Å². The van der Waals surface area contributed by atoms with Crippen molar-refractivity contribution in [3.8, 4) is 0 Å². The molecule has 1 heterocycles. The average Bonchev–Trinajstić information content (AvgIpc) is 2.74. The molecular formula is C25H29N3O. The predicted molar refractivity (Wildman–Crippen MR) is 120 cm³/mol. The third kappa shape index (κ3) is 6.46. The number of benzene rings is 2. The fraction of sp³-hybridized carbons (Fsp3) is 0.280. The molecule has 1 aromatic heterocycles. The Morgan fingerprint density at radius 1 is 0.897 bits per heavy atom. The Kier molecular flexibility index (Phi) is 7.40. The van der Waals surface area contributed by atoms with E-state index in [2.05, 4.69) is 53.7 Å². The second-order valence-electron chi connectivity index (χ2n) is 7.67. The van der Waals surface area contributed by atoms with E-state index in [0.717, 1.165) is 29.9 Å². The van der Waals surface area contributed by atoms with E-state index in [9.17, 15) is 4.79 Å². The molecule has 0 aliphatic rings. The SMILES string of the molecule is CC(C)CCNc1ccc(NC(=O)CC(c2ccccc2)c2ccccc2)cn1. The van der Waals surface area contributed by atoms with Gasteiger partial charge in [-0.2, -0.15) is 0 Å². The Balaban J connectivity index is 1.63. The second kappa shape index (κ2) is 10.4. The van der Waals surface area contributed by atoms with E-state index in [-0.39, 0.29) is 11.8 Å². The van der Waals surface area contributed by atoms with Crippen LogP contribution in [0.4, 0.5) is 11.5 Å². The molecule has 0 radical (unpaired) electrons. The van der Waals surface area contributed by atoms with Crippen LogP contribution in [0.15, 0.2) is 79.0 Å². The summed E-state index contributed by atoms with van der Waals surface area (Å²) in [6, 6.07) is 24.1. The van der Waals surface area contributed by atoms with Gasteiger partial charge in [-0.15, -0.1) is 0 Å². The first kappa shape index (κ1) is 20.6. The molecule has 2 aromatic carbocycles. The van der Waals surface area contributed by atoms with Crippen LogP contribution in [0.3, 0.4) is 0 Å². The molecule has 3 aromatic rings. The van der Waals surface area contributed by atoms with Crippen molar-refractivity contribution in [2.45, 2.75) is 32.6 Å². The molecule has 150 valence electrons. The van der Waals surface area contributed by atoms with Crippen molar-refractivity contribution in [1.82, 2.24) is 4.98 Å². The summed E-state index contributed by atoms with van der Waals surface area (Å²) in [5.41, 5.74) is 2.98. The number of carbonyl (C=O) groups excluding carboxylic acids is 1. The highest BCUT2D eigenvalue weighted by Gasteiger charge is 2.18. The highest BCUT2D eigenvalue weighted by molar-refractivity contribution is 5.91.